The molecule has 0 radical (unpaired) electrons. The highest BCUT2D eigenvalue weighted by molar-refractivity contribution is 6.71. The number of unbranched alkanes of at least 4 members (excludes halogenated alkanes) is 7. The van der Waals surface area contributed by atoms with Gasteiger partial charge in [-0.2, -0.15) is 0 Å². The fourth-order valence-electron chi connectivity index (χ4n) is 2.40. The van der Waals surface area contributed by atoms with E-state index in [1.54, 1.807) is 0 Å². The molecule has 0 saturated carbocycles. The third kappa shape index (κ3) is 15.8. The van der Waals surface area contributed by atoms with Crippen LogP contribution in [0.5, 0.6) is 0 Å². The monoisotopic (exact) mass is 345 g/mol. The van der Waals surface area contributed by atoms with Crippen molar-refractivity contribution in [3.8, 4) is 0 Å². The Morgan fingerprint density at radius 3 is 1.96 bits per heavy atom. The Balaban J connectivity index is 3.27. The molecule has 0 heterocycles. The topological polar surface area (TPSA) is 75.6 Å². The second kappa shape index (κ2) is 13.5. The standard InChI is InChI=1S/C17H35NO4Si/c1-22-23(2,3)15-11-9-7-5-4-6-8-10-12-16(19)18-14-13-17(20)21/h4-15H2,1-3H3,(H,18,19)(H,20,21). The molecule has 5 nitrogen and oxygen atoms in total. The molecule has 0 fully saturated rings. The molecule has 23 heavy (non-hydrogen) atoms. The third-order valence-electron chi connectivity index (χ3n) is 4.15. The molecule has 6 heteroatoms. The van der Waals surface area contributed by atoms with E-state index in [1.807, 2.05) is 7.11 Å². The van der Waals surface area contributed by atoms with Crippen LogP contribution in [0.4, 0.5) is 0 Å². The summed E-state index contributed by atoms with van der Waals surface area (Å²) in [6.07, 6.45) is 10.1. The first-order valence-corrected chi connectivity index (χ1v) is 12.0. The van der Waals surface area contributed by atoms with Gasteiger partial charge in [0.25, 0.3) is 0 Å². The Labute approximate surface area is 142 Å². The van der Waals surface area contributed by atoms with Crippen LogP contribution in [0.2, 0.25) is 19.1 Å². The second-order valence-electron chi connectivity index (χ2n) is 6.79. The van der Waals surface area contributed by atoms with Crippen LogP contribution in [0.15, 0.2) is 0 Å². The highest BCUT2D eigenvalue weighted by Gasteiger charge is 2.18. The summed E-state index contributed by atoms with van der Waals surface area (Å²) in [4.78, 5) is 21.7. The number of carboxylic acid groups (broad SMARTS) is 1. The average Bonchev–Trinajstić information content (AvgIpc) is 2.48. The van der Waals surface area contributed by atoms with Gasteiger partial charge in [0.2, 0.25) is 5.91 Å². The average molecular weight is 346 g/mol. The lowest BCUT2D eigenvalue weighted by atomic mass is 10.1. The molecule has 136 valence electrons. The van der Waals surface area contributed by atoms with Gasteiger partial charge in [0.1, 0.15) is 0 Å². The number of carbonyl (C=O) groups excluding carboxylic acids is 1. The lowest BCUT2D eigenvalue weighted by molar-refractivity contribution is -0.136. The third-order valence-corrected chi connectivity index (χ3v) is 6.81. The maximum Gasteiger partial charge on any atom is 0.305 e. The first-order chi connectivity index (χ1) is 10.9. The van der Waals surface area contributed by atoms with E-state index in [0.717, 1.165) is 12.8 Å². The molecule has 0 aliphatic heterocycles. The van der Waals surface area contributed by atoms with Crippen LogP contribution in [0.25, 0.3) is 0 Å². The Morgan fingerprint density at radius 2 is 1.43 bits per heavy atom. The Bertz CT molecular complexity index is 335. The predicted molar refractivity (Wildman–Crippen MR) is 96.1 cm³/mol. The van der Waals surface area contributed by atoms with Gasteiger partial charge in [-0.15, -0.1) is 0 Å². The molecule has 0 aromatic heterocycles. The van der Waals surface area contributed by atoms with E-state index >= 15 is 0 Å². The van der Waals surface area contributed by atoms with E-state index in [2.05, 4.69) is 18.4 Å². The van der Waals surface area contributed by atoms with Gasteiger partial charge in [-0.1, -0.05) is 44.9 Å². The fourth-order valence-corrected chi connectivity index (χ4v) is 3.70. The molecule has 0 atom stereocenters. The molecule has 0 aliphatic carbocycles. The van der Waals surface area contributed by atoms with Crippen LogP contribution < -0.4 is 5.32 Å². The van der Waals surface area contributed by atoms with E-state index < -0.39 is 14.3 Å². The summed E-state index contributed by atoms with van der Waals surface area (Å²) in [5.41, 5.74) is 0. The largest absolute Gasteiger partial charge is 0.481 e. The maximum atomic E-state index is 11.4. The summed E-state index contributed by atoms with van der Waals surface area (Å²) in [6, 6.07) is 1.25. The van der Waals surface area contributed by atoms with Crippen LogP contribution in [0.3, 0.4) is 0 Å². The quantitative estimate of drug-likeness (QED) is 0.348. The molecule has 0 bridgehead atoms. The molecule has 0 spiro atoms. The van der Waals surface area contributed by atoms with Crippen LogP contribution >= 0.6 is 0 Å². The van der Waals surface area contributed by atoms with Crippen molar-refractivity contribution in [2.24, 2.45) is 0 Å². The molecule has 0 aliphatic rings. The maximum absolute atomic E-state index is 11.4. The predicted octanol–water partition coefficient (Wildman–Crippen LogP) is 3.94. The van der Waals surface area contributed by atoms with Gasteiger partial charge in [-0.3, -0.25) is 9.59 Å². The summed E-state index contributed by atoms with van der Waals surface area (Å²) < 4.78 is 5.54. The first-order valence-electron chi connectivity index (χ1n) is 8.91. The van der Waals surface area contributed by atoms with Gasteiger partial charge >= 0.3 is 5.97 Å². The van der Waals surface area contributed by atoms with Crippen molar-refractivity contribution in [3.05, 3.63) is 0 Å². The number of rotatable bonds is 15. The molecule has 0 unspecified atom stereocenters. The Kier molecular flexibility index (Phi) is 13.0. The molecular formula is C17H35NO4Si. The summed E-state index contributed by atoms with van der Waals surface area (Å²) in [6.45, 7) is 4.77. The van der Waals surface area contributed by atoms with E-state index in [-0.39, 0.29) is 18.9 Å². The number of carbonyl (C=O) groups is 2. The van der Waals surface area contributed by atoms with Crippen molar-refractivity contribution in [1.29, 1.82) is 0 Å². The Morgan fingerprint density at radius 1 is 0.913 bits per heavy atom. The smallest absolute Gasteiger partial charge is 0.305 e. The zero-order chi connectivity index (χ0) is 17.6. The molecule has 0 aromatic rings. The van der Waals surface area contributed by atoms with Crippen LogP contribution in [0.1, 0.15) is 64.2 Å². The SMILES string of the molecule is CO[Si](C)(C)CCCCCCCCCCC(=O)NCCC(=O)O. The van der Waals surface area contributed by atoms with Gasteiger partial charge in [0.05, 0.1) is 6.42 Å². The molecule has 0 saturated heterocycles. The molecule has 2 N–H and O–H groups in total. The fraction of sp³-hybridized carbons (Fsp3) is 0.882. The van der Waals surface area contributed by atoms with Gasteiger partial charge < -0.3 is 14.8 Å². The number of hydrogen-bond donors (Lipinski definition) is 2. The van der Waals surface area contributed by atoms with Gasteiger partial charge in [0, 0.05) is 20.1 Å². The minimum absolute atomic E-state index is 0.00417. The number of nitrogens with one attached hydrogen (secondary N) is 1. The Hall–Kier alpha value is -0.883. The minimum atomic E-state index is -1.36. The highest BCUT2D eigenvalue weighted by atomic mass is 28.4. The number of aliphatic carboxylic acids is 1. The van der Waals surface area contributed by atoms with Crippen LogP contribution in [-0.2, 0) is 14.0 Å². The first kappa shape index (κ1) is 22.1. The van der Waals surface area contributed by atoms with Crippen LogP contribution in [0, 0.1) is 0 Å². The number of carboxylic acids is 1. The second-order valence-corrected chi connectivity index (χ2v) is 11.2. The van der Waals surface area contributed by atoms with Crippen molar-refractivity contribution in [1.82, 2.24) is 5.32 Å². The van der Waals surface area contributed by atoms with Crippen molar-refractivity contribution < 1.29 is 19.1 Å². The lowest BCUT2D eigenvalue weighted by Gasteiger charge is -2.19. The molecular weight excluding hydrogens is 310 g/mol. The van der Waals surface area contributed by atoms with E-state index in [4.69, 9.17) is 9.53 Å². The highest BCUT2D eigenvalue weighted by Crippen LogP contribution is 2.16. The number of amides is 1. The van der Waals surface area contributed by atoms with Gasteiger partial charge in [0.15, 0.2) is 8.32 Å². The zero-order valence-corrected chi connectivity index (χ0v) is 16.2. The summed E-state index contributed by atoms with van der Waals surface area (Å²) >= 11 is 0. The van der Waals surface area contributed by atoms with E-state index in [1.165, 1.54) is 44.6 Å². The normalized spacial score (nSPS) is 11.4. The van der Waals surface area contributed by atoms with E-state index in [9.17, 15) is 9.59 Å². The molecule has 0 aromatic carbocycles. The van der Waals surface area contributed by atoms with Crippen molar-refractivity contribution in [3.63, 3.8) is 0 Å². The van der Waals surface area contributed by atoms with Crippen molar-refractivity contribution in [2.45, 2.75) is 83.3 Å². The van der Waals surface area contributed by atoms with Gasteiger partial charge in [-0.25, -0.2) is 0 Å². The zero-order valence-electron chi connectivity index (χ0n) is 15.2. The summed E-state index contributed by atoms with van der Waals surface area (Å²) in [7, 11) is 0.471. The summed E-state index contributed by atoms with van der Waals surface area (Å²) in [5, 5.41) is 11.1. The number of hydrogen-bond acceptors (Lipinski definition) is 3. The van der Waals surface area contributed by atoms with E-state index in [0.29, 0.717) is 6.42 Å². The van der Waals surface area contributed by atoms with Gasteiger partial charge in [-0.05, 0) is 25.6 Å². The minimum Gasteiger partial charge on any atom is -0.481 e. The van der Waals surface area contributed by atoms with Crippen molar-refractivity contribution in [2.75, 3.05) is 13.7 Å². The molecule has 1 amide bonds. The summed E-state index contributed by atoms with van der Waals surface area (Å²) in [5.74, 6) is -0.908. The lowest BCUT2D eigenvalue weighted by Crippen LogP contribution is -2.27. The molecule has 0 rings (SSSR count). The van der Waals surface area contributed by atoms with Crippen LogP contribution in [-0.4, -0.2) is 39.0 Å². The van der Waals surface area contributed by atoms with Crippen molar-refractivity contribution >= 4 is 20.2 Å².